The van der Waals surface area contributed by atoms with Crippen LogP contribution >= 0.6 is 0 Å². The predicted octanol–water partition coefficient (Wildman–Crippen LogP) is 14.4. The predicted molar refractivity (Wildman–Crippen MR) is 444 cm³/mol. The Morgan fingerprint density at radius 1 is 0.532 bits per heavy atom. The first-order valence-electron chi connectivity index (χ1n) is 43.6. The second kappa shape index (κ2) is 33.7. The first-order valence-corrected chi connectivity index (χ1v) is 43.6. The van der Waals surface area contributed by atoms with Gasteiger partial charge in [0, 0.05) is 118 Å². The van der Waals surface area contributed by atoms with Gasteiger partial charge in [0.05, 0.1) is 46.5 Å². The van der Waals surface area contributed by atoms with Crippen molar-refractivity contribution in [2.75, 3.05) is 78.5 Å². The Hall–Kier alpha value is -6.49. The van der Waals surface area contributed by atoms with Crippen LogP contribution in [0.3, 0.4) is 0 Å². The molecule has 15 heterocycles. The average molecular weight is 1490 g/mol. The van der Waals surface area contributed by atoms with Gasteiger partial charge in [0.15, 0.2) is 0 Å². The smallest absolute Gasteiger partial charge is 0.135 e. The summed E-state index contributed by atoms with van der Waals surface area (Å²) < 4.78 is 7.19. The number of aromatic nitrogens is 5. The molecule has 7 N–H and O–H groups in total. The molecule has 1 saturated carbocycles. The normalized spacial score (nSPS) is 35.2. The number of hydrogen-bond donors (Lipinski definition) is 7. The summed E-state index contributed by atoms with van der Waals surface area (Å²) in [4.78, 5) is 31.2. The SMILES string of the molecule is C1=C\CCCCN(CCc2nccc3c2[nH]c2ccccc23)CCCC/1.C1=C\CC[C@]23CN4CCCC/C=C\CC[C@@]5(O[C@H]5[C@@H](c5nccc6c5[nH]c5ccccc56)[C@@H]2CC4)[C@@H]3NCCCC/1.O[C@]12C=C(C3NCCc4c3[nH]c3ccccc43)[C@@H]3CCN(CCCC/C=C\CC1)C[C@@]31CC3/C=C\CCCC[NH+]3C12.[Cl-]. The summed E-state index contributed by atoms with van der Waals surface area (Å²) in [5.41, 5.74) is 12.3. The first-order chi connectivity index (χ1) is 53.4. The number of nitrogens with one attached hydrogen (secondary N) is 6. The Balaban J connectivity index is 0.000000122. The molecule has 12 aliphatic rings. The monoisotopic (exact) mass is 1490 g/mol. The van der Waals surface area contributed by atoms with Crippen LogP contribution in [0.4, 0.5) is 0 Å². The quantitative estimate of drug-likeness (QED) is 0.0662. The molecule has 14 heteroatoms. The largest absolute Gasteiger partial charge is 1.00 e. The number of quaternary nitrogens is 1. The second-order valence-corrected chi connectivity index (χ2v) is 35.2. The molecule has 5 aromatic heterocycles. The highest BCUT2D eigenvalue weighted by atomic mass is 35.5. The molecule has 0 amide bonds. The summed E-state index contributed by atoms with van der Waals surface area (Å²) in [6.45, 7) is 14.0. The van der Waals surface area contributed by atoms with Gasteiger partial charge in [-0.25, -0.2) is 0 Å². The summed E-state index contributed by atoms with van der Waals surface area (Å²) in [7, 11) is 0. The van der Waals surface area contributed by atoms with Crippen LogP contribution in [0.1, 0.15) is 208 Å². The summed E-state index contributed by atoms with van der Waals surface area (Å²) in [5, 5.41) is 28.0. The lowest BCUT2D eigenvalue weighted by Crippen LogP contribution is -3.20. The molecule has 0 radical (unpaired) electrons. The van der Waals surface area contributed by atoms with E-state index in [1.165, 1.54) is 283 Å². The first kappa shape index (κ1) is 75.2. The second-order valence-electron chi connectivity index (χ2n) is 35.2. The van der Waals surface area contributed by atoms with Crippen LogP contribution in [0.2, 0.25) is 0 Å². The number of H-pyrrole nitrogens is 3. The molecule has 6 unspecified atom stereocenters. The fourth-order valence-electron chi connectivity index (χ4n) is 24.1. The van der Waals surface area contributed by atoms with Crippen molar-refractivity contribution in [3.05, 3.63) is 192 Å². The van der Waals surface area contributed by atoms with Crippen molar-refractivity contribution in [3.8, 4) is 0 Å². The standard InChI is InChI=1S/C36H46N4O.C36H48N4O.C23H29N3.ClH/c1-3-7-13-21-38-34-35(19-11-5-1)25-40-23-14-8-4-2-6-12-20-36(34)33(41-36)30(28(35)18-24-40)32-31-27(17-22-37-32)26-15-9-10-16-29(26)39-31;41-36-18-10-4-1-2-5-11-20-39-22-17-30(35(25-39)23-26-13-7-3-6-12-21-40(26)34(35)36)29(24-36)32-33-28(16-19-37-32)27-14-8-9-15-31(27)38-33;1-2-4-6-10-17-26(16-9-5-3-1)18-14-22-23-20(13-15-24-22)19-11-7-8-12-21(19)25-23;/h1-2,5-6,9-10,15-17,22,28,30,33-34,38-39H,3-4,7-8,11-14,18-21,23-25H2;1,4,7-9,13-15,24,26,30,32,34,37-38,41H,2-3,5-6,10-12,16-23,25H2;1-2,7-8,11-13,15,25H,3-6,9-10,14,16-18H2;1H/b5-1-,6-2-;4-1-,13-7-;2-1-;/t28-,30+,33-,34+,35-,36-;26?,30-,32?,34?,35-,36-;;/m00../s1. The van der Waals surface area contributed by atoms with Crippen LogP contribution in [0.15, 0.2) is 170 Å². The van der Waals surface area contributed by atoms with Crippen LogP contribution in [0, 0.1) is 22.7 Å². The van der Waals surface area contributed by atoms with E-state index in [2.05, 4.69) is 198 Å². The van der Waals surface area contributed by atoms with Gasteiger partial charge in [0.1, 0.15) is 23.3 Å². The number of aromatic amines is 3. The number of piperidine rings is 2. The maximum atomic E-state index is 13.1. The molecular formula is C95H124ClN11O2. The molecule has 15 atom stereocenters. The van der Waals surface area contributed by atoms with E-state index < -0.39 is 5.60 Å². The van der Waals surface area contributed by atoms with Crippen molar-refractivity contribution in [1.82, 2.24) is 50.3 Å². The van der Waals surface area contributed by atoms with E-state index >= 15 is 0 Å². The van der Waals surface area contributed by atoms with E-state index in [1.807, 2.05) is 6.20 Å². The van der Waals surface area contributed by atoms with Gasteiger partial charge in [-0.3, -0.25) is 9.97 Å². The third kappa shape index (κ3) is 14.9. The Labute approximate surface area is 655 Å². The topological polar surface area (TPSA) is 144 Å². The van der Waals surface area contributed by atoms with E-state index in [4.69, 9.17) is 14.7 Å². The lowest BCUT2D eigenvalue weighted by molar-refractivity contribution is -0.940. The number of rotatable bonds is 5. The lowest BCUT2D eigenvalue weighted by atomic mass is 9.50. The fraction of sp³-hybridized carbons (Fsp3) is 0.558. The number of halogens is 1. The minimum atomic E-state index is -0.796. The Kier molecular flexibility index (Phi) is 23.2. The van der Waals surface area contributed by atoms with Gasteiger partial charge in [-0.15, -0.1) is 0 Å². The van der Waals surface area contributed by atoms with Crippen molar-refractivity contribution in [1.29, 1.82) is 0 Å². The van der Waals surface area contributed by atoms with Gasteiger partial charge < -0.3 is 67.4 Å². The number of pyridine rings is 2. The molecule has 578 valence electrons. The number of benzene rings is 3. The fourth-order valence-corrected chi connectivity index (χ4v) is 24.1. The highest BCUT2D eigenvalue weighted by Crippen LogP contribution is 2.68. The highest BCUT2D eigenvalue weighted by Gasteiger charge is 2.76. The molecule has 5 fully saturated rings. The van der Waals surface area contributed by atoms with Gasteiger partial charge in [-0.1, -0.05) is 109 Å². The summed E-state index contributed by atoms with van der Waals surface area (Å²) in [5.74, 6) is 1.38. The van der Waals surface area contributed by atoms with Crippen molar-refractivity contribution >= 4 is 54.5 Å². The minimum Gasteiger partial charge on any atom is -1.00 e. The number of epoxide rings is 1. The molecule has 109 heavy (non-hydrogen) atoms. The molecule has 20 rings (SSSR count). The van der Waals surface area contributed by atoms with Gasteiger partial charge >= 0.3 is 0 Å². The Bertz CT molecular complexity index is 4600. The van der Waals surface area contributed by atoms with E-state index in [0.717, 1.165) is 64.7 Å². The summed E-state index contributed by atoms with van der Waals surface area (Å²) in [6.07, 6.45) is 66.0. The zero-order valence-electron chi connectivity index (χ0n) is 65.2. The molecule has 8 aromatic rings. The number of aliphatic hydroxyl groups is 1. The zero-order valence-corrected chi connectivity index (χ0v) is 65.9. The maximum absolute atomic E-state index is 13.1. The van der Waals surface area contributed by atoms with Crippen molar-refractivity contribution in [2.24, 2.45) is 22.7 Å². The Morgan fingerprint density at radius 2 is 1.12 bits per heavy atom. The van der Waals surface area contributed by atoms with Gasteiger partial charge in [-0.2, -0.15) is 0 Å². The van der Waals surface area contributed by atoms with Crippen LogP contribution < -0.4 is 27.9 Å². The molecule has 3 aromatic carbocycles. The van der Waals surface area contributed by atoms with Gasteiger partial charge in [0.25, 0.3) is 0 Å². The molecule has 10 aliphatic heterocycles. The molecule has 6 bridgehead atoms. The van der Waals surface area contributed by atoms with E-state index in [9.17, 15) is 5.11 Å². The van der Waals surface area contributed by atoms with Crippen molar-refractivity contribution in [2.45, 2.75) is 234 Å². The van der Waals surface area contributed by atoms with Crippen LogP contribution in [-0.4, -0.2) is 159 Å². The molecule has 2 aliphatic carbocycles. The molecular weight excluding hydrogens is 1360 g/mol. The minimum absolute atomic E-state index is 0. The van der Waals surface area contributed by atoms with Crippen LogP contribution in [0.25, 0.3) is 54.5 Å². The number of nitrogens with zero attached hydrogens (tertiary/aromatic N) is 5. The van der Waals surface area contributed by atoms with Crippen LogP contribution in [-0.2, 0) is 17.6 Å². The number of ether oxygens (including phenoxy) is 1. The third-order valence-electron chi connectivity index (χ3n) is 28.9. The average Bonchev–Trinajstić information content (AvgIpc) is 1.52. The van der Waals surface area contributed by atoms with E-state index in [1.54, 1.807) is 4.90 Å². The summed E-state index contributed by atoms with van der Waals surface area (Å²) >= 11 is 0. The van der Waals surface area contributed by atoms with E-state index in [0.29, 0.717) is 29.8 Å². The Morgan fingerprint density at radius 3 is 1.84 bits per heavy atom. The zero-order chi connectivity index (χ0) is 72.3. The number of allylic oxidation sites excluding steroid dienone is 9. The van der Waals surface area contributed by atoms with Crippen LogP contribution in [0.5, 0.6) is 0 Å². The molecule has 3 spiro atoms. The van der Waals surface area contributed by atoms with Gasteiger partial charge in [-0.05, 0) is 285 Å². The molecule has 4 saturated heterocycles. The highest BCUT2D eigenvalue weighted by molar-refractivity contribution is 6.08. The maximum Gasteiger partial charge on any atom is 0.135 e. The van der Waals surface area contributed by atoms with E-state index in [-0.39, 0.29) is 47.0 Å². The lowest BCUT2D eigenvalue weighted by Gasteiger charge is -2.59. The third-order valence-corrected chi connectivity index (χ3v) is 28.9. The number of para-hydroxylation sites is 3. The van der Waals surface area contributed by atoms with Crippen molar-refractivity contribution < 1.29 is 27.2 Å². The summed E-state index contributed by atoms with van der Waals surface area (Å²) in [6, 6.07) is 31.8. The number of fused-ring (bicyclic) bond motifs is 12. The number of hydrogen-bond acceptors (Lipinski definition) is 9. The van der Waals surface area contributed by atoms with Gasteiger partial charge in [0.2, 0.25) is 0 Å². The molecule has 13 nitrogen and oxygen atoms in total. The van der Waals surface area contributed by atoms with Crippen molar-refractivity contribution in [3.63, 3.8) is 0 Å².